The van der Waals surface area contributed by atoms with Crippen molar-refractivity contribution >= 4 is 0 Å². The molecule has 0 aliphatic carbocycles. The molecule has 2 fully saturated rings. The minimum Gasteiger partial charge on any atom is -0.380 e. The average Bonchev–Trinajstić information content (AvgIpc) is 2.39. The second kappa shape index (κ2) is 6.17. The van der Waals surface area contributed by atoms with E-state index in [1.54, 1.807) is 0 Å². The van der Waals surface area contributed by atoms with Gasteiger partial charge in [-0.25, -0.2) is 0 Å². The molecular weight excluding hydrogens is 212 g/mol. The van der Waals surface area contributed by atoms with Crippen LogP contribution in [-0.4, -0.2) is 49.3 Å². The van der Waals surface area contributed by atoms with Crippen molar-refractivity contribution in [1.82, 2.24) is 10.2 Å². The maximum absolute atomic E-state index is 5.64. The van der Waals surface area contributed by atoms with Crippen LogP contribution in [0.1, 0.15) is 40.0 Å². The Balaban J connectivity index is 1.93. The molecule has 100 valence electrons. The van der Waals surface area contributed by atoms with Crippen LogP contribution in [-0.2, 0) is 4.74 Å². The van der Waals surface area contributed by atoms with E-state index in [2.05, 4.69) is 31.0 Å². The Kier molecular flexibility index (Phi) is 4.83. The highest BCUT2D eigenvalue weighted by atomic mass is 16.5. The molecule has 2 saturated heterocycles. The average molecular weight is 240 g/mol. The zero-order valence-corrected chi connectivity index (χ0v) is 11.6. The van der Waals surface area contributed by atoms with E-state index in [-0.39, 0.29) is 0 Å². The first-order valence-electron chi connectivity index (χ1n) is 7.29. The van der Waals surface area contributed by atoms with Gasteiger partial charge in [-0.3, -0.25) is 4.90 Å². The van der Waals surface area contributed by atoms with Gasteiger partial charge in [0.25, 0.3) is 0 Å². The van der Waals surface area contributed by atoms with E-state index >= 15 is 0 Å². The predicted octanol–water partition coefficient (Wildman–Crippen LogP) is 1.87. The molecule has 2 rings (SSSR count). The molecule has 4 atom stereocenters. The lowest BCUT2D eigenvalue weighted by Gasteiger charge is -2.45. The van der Waals surface area contributed by atoms with Crippen molar-refractivity contribution in [2.75, 3.05) is 26.3 Å². The van der Waals surface area contributed by atoms with Crippen LogP contribution < -0.4 is 5.32 Å². The van der Waals surface area contributed by atoms with E-state index < -0.39 is 0 Å². The molecule has 2 aliphatic heterocycles. The minimum absolute atomic E-state index is 0.655. The molecule has 1 N–H and O–H groups in total. The molecule has 0 radical (unpaired) electrons. The normalized spacial score (nSPS) is 37.9. The fourth-order valence-corrected chi connectivity index (χ4v) is 3.07. The highest BCUT2D eigenvalue weighted by Gasteiger charge is 2.32. The monoisotopic (exact) mass is 240 g/mol. The van der Waals surface area contributed by atoms with E-state index in [0.29, 0.717) is 18.1 Å². The largest absolute Gasteiger partial charge is 0.380 e. The standard InChI is InChI=1S/C14H28N2O/c1-4-11(2)14-9-16(12(3)8-15-14)13-6-5-7-17-10-13/h11-15H,4-10H2,1-3H3. The van der Waals surface area contributed by atoms with Crippen LogP contribution in [0.2, 0.25) is 0 Å². The third-order valence-electron chi connectivity index (χ3n) is 4.59. The Morgan fingerprint density at radius 1 is 1.47 bits per heavy atom. The first kappa shape index (κ1) is 13.3. The van der Waals surface area contributed by atoms with Crippen LogP contribution in [0, 0.1) is 5.92 Å². The molecule has 0 saturated carbocycles. The van der Waals surface area contributed by atoms with Crippen molar-refractivity contribution < 1.29 is 4.74 Å². The van der Waals surface area contributed by atoms with Crippen LogP contribution in [0.25, 0.3) is 0 Å². The summed E-state index contributed by atoms with van der Waals surface area (Å²) in [6, 6.07) is 1.98. The second-order valence-electron chi connectivity index (χ2n) is 5.82. The van der Waals surface area contributed by atoms with Gasteiger partial charge in [0, 0.05) is 37.8 Å². The third-order valence-corrected chi connectivity index (χ3v) is 4.59. The molecule has 3 nitrogen and oxygen atoms in total. The molecule has 3 heteroatoms. The molecule has 0 aromatic heterocycles. The summed E-state index contributed by atoms with van der Waals surface area (Å²) in [5.41, 5.74) is 0. The number of nitrogens with one attached hydrogen (secondary N) is 1. The predicted molar refractivity (Wildman–Crippen MR) is 71.3 cm³/mol. The highest BCUT2D eigenvalue weighted by Crippen LogP contribution is 2.21. The van der Waals surface area contributed by atoms with Crippen molar-refractivity contribution in [3.8, 4) is 0 Å². The first-order chi connectivity index (χ1) is 8.22. The van der Waals surface area contributed by atoms with Crippen molar-refractivity contribution in [1.29, 1.82) is 0 Å². The lowest BCUT2D eigenvalue weighted by molar-refractivity contribution is -0.0159. The number of ether oxygens (including phenoxy) is 1. The molecule has 0 aromatic rings. The van der Waals surface area contributed by atoms with Crippen molar-refractivity contribution in [2.24, 2.45) is 5.92 Å². The van der Waals surface area contributed by atoms with Crippen molar-refractivity contribution in [3.63, 3.8) is 0 Å². The van der Waals surface area contributed by atoms with Crippen LogP contribution in [0.5, 0.6) is 0 Å². The zero-order valence-electron chi connectivity index (χ0n) is 11.6. The summed E-state index contributed by atoms with van der Waals surface area (Å²) in [5.74, 6) is 0.773. The number of hydrogen-bond donors (Lipinski definition) is 1. The van der Waals surface area contributed by atoms with E-state index in [0.717, 1.165) is 25.7 Å². The number of rotatable bonds is 3. The van der Waals surface area contributed by atoms with Gasteiger partial charge >= 0.3 is 0 Å². The summed E-state index contributed by atoms with van der Waals surface area (Å²) in [4.78, 5) is 2.69. The van der Waals surface area contributed by atoms with Gasteiger partial charge < -0.3 is 10.1 Å². The van der Waals surface area contributed by atoms with Crippen LogP contribution >= 0.6 is 0 Å². The Morgan fingerprint density at radius 2 is 2.29 bits per heavy atom. The van der Waals surface area contributed by atoms with Gasteiger partial charge in [-0.15, -0.1) is 0 Å². The van der Waals surface area contributed by atoms with Crippen LogP contribution in [0.4, 0.5) is 0 Å². The summed E-state index contributed by atoms with van der Waals surface area (Å²) in [7, 11) is 0. The summed E-state index contributed by atoms with van der Waals surface area (Å²) in [6.07, 6.45) is 3.81. The van der Waals surface area contributed by atoms with E-state index in [1.807, 2.05) is 0 Å². The second-order valence-corrected chi connectivity index (χ2v) is 5.82. The van der Waals surface area contributed by atoms with Gasteiger partial charge in [0.2, 0.25) is 0 Å². The fraction of sp³-hybridized carbons (Fsp3) is 1.00. The Hall–Kier alpha value is -0.120. The molecule has 2 heterocycles. The number of nitrogens with zero attached hydrogens (tertiary/aromatic N) is 1. The summed E-state index contributed by atoms with van der Waals surface area (Å²) < 4.78 is 5.64. The van der Waals surface area contributed by atoms with Gasteiger partial charge in [0.1, 0.15) is 0 Å². The molecule has 17 heavy (non-hydrogen) atoms. The highest BCUT2D eigenvalue weighted by molar-refractivity contribution is 4.90. The molecule has 0 amide bonds. The van der Waals surface area contributed by atoms with Gasteiger partial charge in [-0.1, -0.05) is 20.3 Å². The summed E-state index contributed by atoms with van der Waals surface area (Å²) in [6.45, 7) is 11.2. The lowest BCUT2D eigenvalue weighted by atomic mass is 9.94. The number of hydrogen-bond acceptors (Lipinski definition) is 3. The Labute approximate surface area is 106 Å². The first-order valence-corrected chi connectivity index (χ1v) is 7.29. The Morgan fingerprint density at radius 3 is 2.94 bits per heavy atom. The molecule has 0 spiro atoms. The van der Waals surface area contributed by atoms with E-state index in [1.165, 1.54) is 25.8 Å². The smallest absolute Gasteiger partial charge is 0.0621 e. The van der Waals surface area contributed by atoms with Crippen LogP contribution in [0.3, 0.4) is 0 Å². The topological polar surface area (TPSA) is 24.5 Å². The SMILES string of the molecule is CCC(C)C1CN(C2CCCOC2)C(C)CN1. The molecule has 2 aliphatic rings. The van der Waals surface area contributed by atoms with Gasteiger partial charge in [0.15, 0.2) is 0 Å². The minimum atomic E-state index is 0.655. The maximum Gasteiger partial charge on any atom is 0.0621 e. The molecule has 0 bridgehead atoms. The lowest BCUT2D eigenvalue weighted by Crippen LogP contribution is -2.61. The third kappa shape index (κ3) is 3.21. The van der Waals surface area contributed by atoms with Crippen molar-refractivity contribution in [3.05, 3.63) is 0 Å². The summed E-state index contributed by atoms with van der Waals surface area (Å²) >= 11 is 0. The zero-order chi connectivity index (χ0) is 12.3. The molecule has 4 unspecified atom stereocenters. The summed E-state index contributed by atoms with van der Waals surface area (Å²) in [5, 5.41) is 3.71. The quantitative estimate of drug-likeness (QED) is 0.815. The fourth-order valence-electron chi connectivity index (χ4n) is 3.07. The van der Waals surface area contributed by atoms with E-state index in [9.17, 15) is 0 Å². The van der Waals surface area contributed by atoms with Gasteiger partial charge in [-0.2, -0.15) is 0 Å². The Bertz CT molecular complexity index is 228. The van der Waals surface area contributed by atoms with Gasteiger partial charge in [-0.05, 0) is 25.7 Å². The molecular formula is C14H28N2O. The van der Waals surface area contributed by atoms with E-state index in [4.69, 9.17) is 4.74 Å². The van der Waals surface area contributed by atoms with Crippen LogP contribution in [0.15, 0.2) is 0 Å². The van der Waals surface area contributed by atoms with Gasteiger partial charge in [0.05, 0.1) is 6.61 Å². The molecule has 0 aromatic carbocycles. The maximum atomic E-state index is 5.64. The number of piperazine rings is 1. The van der Waals surface area contributed by atoms with Crippen molar-refractivity contribution in [2.45, 2.75) is 58.2 Å².